The molecule has 7 heteroatoms. The van der Waals surface area contributed by atoms with Crippen LogP contribution in [0.2, 0.25) is 0 Å². The molecule has 188 valence electrons. The predicted molar refractivity (Wildman–Crippen MR) is 133 cm³/mol. The van der Waals surface area contributed by atoms with Crippen LogP contribution in [0.25, 0.3) is 0 Å². The smallest absolute Gasteiger partial charge is 0.223 e. The normalized spacial score (nSPS) is 14.2. The average Bonchev–Trinajstić information content (AvgIpc) is 2.81. The van der Waals surface area contributed by atoms with Crippen molar-refractivity contribution in [1.82, 2.24) is 5.32 Å². The van der Waals surface area contributed by atoms with Crippen LogP contribution in [-0.4, -0.2) is 49.6 Å². The zero-order chi connectivity index (χ0) is 25.1. The highest BCUT2D eigenvalue weighted by Gasteiger charge is 2.28. The summed E-state index contributed by atoms with van der Waals surface area (Å²) in [5, 5.41) is 13.7. The summed E-state index contributed by atoms with van der Waals surface area (Å²) in [5.74, 6) is 0.671. The SMILES string of the molecule is COc1ccc(OC)c(CCNC(=O)[C@H](CCC(C)(C)F)C[C@H](O)[C@@H](N)Cc2ccccc2)c1. The lowest BCUT2D eigenvalue weighted by molar-refractivity contribution is -0.126. The number of alkyl halides is 1. The third-order valence-corrected chi connectivity index (χ3v) is 5.97. The van der Waals surface area contributed by atoms with E-state index in [-0.39, 0.29) is 18.7 Å². The van der Waals surface area contributed by atoms with Gasteiger partial charge in [-0.2, -0.15) is 0 Å². The van der Waals surface area contributed by atoms with Crippen LogP contribution in [0.3, 0.4) is 0 Å². The number of carbonyl (C=O) groups is 1. The number of benzene rings is 2. The Balaban J connectivity index is 1.99. The summed E-state index contributed by atoms with van der Waals surface area (Å²) >= 11 is 0. The van der Waals surface area contributed by atoms with Crippen molar-refractivity contribution in [2.24, 2.45) is 11.7 Å². The third-order valence-electron chi connectivity index (χ3n) is 5.97. The number of hydrogen-bond acceptors (Lipinski definition) is 5. The molecule has 0 saturated carbocycles. The van der Waals surface area contributed by atoms with Gasteiger partial charge in [-0.05, 0) is 75.3 Å². The molecule has 2 rings (SSSR count). The zero-order valence-electron chi connectivity index (χ0n) is 20.7. The van der Waals surface area contributed by atoms with Gasteiger partial charge in [0, 0.05) is 18.5 Å². The van der Waals surface area contributed by atoms with Gasteiger partial charge in [-0.25, -0.2) is 4.39 Å². The Morgan fingerprint density at radius 3 is 2.47 bits per heavy atom. The van der Waals surface area contributed by atoms with Crippen LogP contribution in [0.15, 0.2) is 48.5 Å². The van der Waals surface area contributed by atoms with Crippen molar-refractivity contribution < 1.29 is 23.8 Å². The van der Waals surface area contributed by atoms with E-state index in [0.717, 1.165) is 11.1 Å². The minimum Gasteiger partial charge on any atom is -0.497 e. The summed E-state index contributed by atoms with van der Waals surface area (Å²) in [6.07, 6.45) is 0.891. The number of hydrogen-bond donors (Lipinski definition) is 3. The molecule has 0 bridgehead atoms. The number of aliphatic hydroxyl groups excluding tert-OH is 1. The predicted octanol–water partition coefficient (Wildman–Crippen LogP) is 3.83. The molecule has 3 atom stereocenters. The zero-order valence-corrected chi connectivity index (χ0v) is 20.7. The van der Waals surface area contributed by atoms with Crippen molar-refractivity contribution in [2.75, 3.05) is 20.8 Å². The second-order valence-electron chi connectivity index (χ2n) is 9.33. The van der Waals surface area contributed by atoms with Gasteiger partial charge in [-0.3, -0.25) is 4.79 Å². The fourth-order valence-corrected chi connectivity index (χ4v) is 3.90. The number of carbonyl (C=O) groups excluding carboxylic acids is 1. The first-order valence-electron chi connectivity index (χ1n) is 11.8. The fourth-order valence-electron chi connectivity index (χ4n) is 3.90. The Kier molecular flexibility index (Phi) is 10.8. The first-order chi connectivity index (χ1) is 16.1. The van der Waals surface area contributed by atoms with Gasteiger partial charge in [0.15, 0.2) is 0 Å². The Morgan fingerprint density at radius 1 is 1.15 bits per heavy atom. The molecule has 34 heavy (non-hydrogen) atoms. The Bertz CT molecular complexity index is 886. The highest BCUT2D eigenvalue weighted by atomic mass is 19.1. The Labute approximate surface area is 202 Å². The highest BCUT2D eigenvalue weighted by Crippen LogP contribution is 2.25. The molecule has 4 N–H and O–H groups in total. The summed E-state index contributed by atoms with van der Waals surface area (Å²) in [6, 6.07) is 14.7. The van der Waals surface area contributed by atoms with Gasteiger partial charge in [0.2, 0.25) is 5.91 Å². The van der Waals surface area contributed by atoms with E-state index in [2.05, 4.69) is 5.32 Å². The molecule has 0 saturated heterocycles. The van der Waals surface area contributed by atoms with E-state index in [4.69, 9.17) is 15.2 Å². The molecule has 0 aliphatic rings. The van der Waals surface area contributed by atoms with Gasteiger partial charge in [-0.1, -0.05) is 30.3 Å². The summed E-state index contributed by atoms with van der Waals surface area (Å²) < 4.78 is 24.9. The number of nitrogens with one attached hydrogen (secondary N) is 1. The van der Waals surface area contributed by atoms with Crippen LogP contribution < -0.4 is 20.5 Å². The number of rotatable bonds is 14. The topological polar surface area (TPSA) is 93.8 Å². The molecular weight excluding hydrogens is 435 g/mol. The standard InChI is InChI=1S/C27H39FN2O4/c1-27(2,28)14-12-21(18-24(31)23(29)16-19-8-6-5-7-9-19)26(32)30-15-13-20-17-22(33-3)10-11-25(20)34-4/h5-11,17,21,23-24,31H,12-16,18,29H2,1-4H3,(H,30,32)/t21-,23+,24+/m1/s1. The molecule has 0 spiro atoms. The Hall–Kier alpha value is -2.64. The van der Waals surface area contributed by atoms with E-state index >= 15 is 0 Å². The first-order valence-corrected chi connectivity index (χ1v) is 11.8. The quantitative estimate of drug-likeness (QED) is 0.387. The number of amides is 1. The number of aliphatic hydroxyl groups is 1. The lowest BCUT2D eigenvalue weighted by Crippen LogP contribution is -2.41. The van der Waals surface area contributed by atoms with Crippen molar-refractivity contribution in [3.63, 3.8) is 0 Å². The molecular formula is C27H39FN2O4. The highest BCUT2D eigenvalue weighted by molar-refractivity contribution is 5.78. The number of methoxy groups -OCH3 is 2. The van der Waals surface area contributed by atoms with Crippen molar-refractivity contribution in [3.8, 4) is 11.5 Å². The number of halogens is 1. The van der Waals surface area contributed by atoms with Crippen LogP contribution >= 0.6 is 0 Å². The average molecular weight is 475 g/mol. The van der Waals surface area contributed by atoms with Gasteiger partial charge in [0.05, 0.1) is 20.3 Å². The molecule has 0 aliphatic carbocycles. The third kappa shape index (κ3) is 9.31. The summed E-state index contributed by atoms with van der Waals surface area (Å²) in [5.41, 5.74) is 6.77. The van der Waals surface area contributed by atoms with Gasteiger partial charge in [0.1, 0.15) is 17.2 Å². The van der Waals surface area contributed by atoms with E-state index in [9.17, 15) is 14.3 Å². The van der Waals surface area contributed by atoms with Crippen molar-refractivity contribution >= 4 is 5.91 Å². The maximum atomic E-state index is 14.2. The molecule has 2 aromatic carbocycles. The fraction of sp³-hybridized carbons (Fsp3) is 0.519. The Morgan fingerprint density at radius 2 is 1.85 bits per heavy atom. The van der Waals surface area contributed by atoms with E-state index in [1.165, 1.54) is 13.8 Å². The van der Waals surface area contributed by atoms with Gasteiger partial charge in [-0.15, -0.1) is 0 Å². The van der Waals surface area contributed by atoms with Crippen LogP contribution in [-0.2, 0) is 17.6 Å². The maximum Gasteiger partial charge on any atom is 0.223 e. The van der Waals surface area contributed by atoms with Crippen LogP contribution in [0.5, 0.6) is 11.5 Å². The van der Waals surface area contributed by atoms with E-state index < -0.39 is 23.7 Å². The lowest BCUT2D eigenvalue weighted by Gasteiger charge is -2.25. The second kappa shape index (κ2) is 13.3. The molecule has 2 aromatic rings. The molecule has 0 aromatic heterocycles. The lowest BCUT2D eigenvalue weighted by atomic mass is 9.88. The maximum absolute atomic E-state index is 14.2. The van der Waals surface area contributed by atoms with Crippen LogP contribution in [0.1, 0.15) is 44.2 Å². The molecule has 0 radical (unpaired) electrons. The van der Waals surface area contributed by atoms with Crippen molar-refractivity contribution in [2.45, 2.75) is 63.8 Å². The molecule has 0 heterocycles. The largest absolute Gasteiger partial charge is 0.497 e. The number of nitrogens with two attached hydrogens (primary N) is 1. The molecule has 0 unspecified atom stereocenters. The number of ether oxygens (including phenoxy) is 2. The molecule has 6 nitrogen and oxygen atoms in total. The van der Waals surface area contributed by atoms with Crippen molar-refractivity contribution in [3.05, 3.63) is 59.7 Å². The van der Waals surface area contributed by atoms with E-state index in [1.807, 2.05) is 48.5 Å². The minimum absolute atomic E-state index is 0.179. The minimum atomic E-state index is -1.40. The summed E-state index contributed by atoms with van der Waals surface area (Å²) in [6.45, 7) is 3.37. The van der Waals surface area contributed by atoms with Crippen molar-refractivity contribution in [1.29, 1.82) is 0 Å². The summed E-state index contributed by atoms with van der Waals surface area (Å²) in [4.78, 5) is 13.0. The van der Waals surface area contributed by atoms with E-state index in [0.29, 0.717) is 37.3 Å². The molecule has 0 fully saturated rings. The monoisotopic (exact) mass is 474 g/mol. The van der Waals surface area contributed by atoms with E-state index in [1.54, 1.807) is 14.2 Å². The first kappa shape index (κ1) is 27.6. The summed E-state index contributed by atoms with van der Waals surface area (Å²) in [7, 11) is 3.19. The molecule has 1 amide bonds. The van der Waals surface area contributed by atoms with Gasteiger partial charge < -0.3 is 25.6 Å². The van der Waals surface area contributed by atoms with Gasteiger partial charge in [0.25, 0.3) is 0 Å². The van der Waals surface area contributed by atoms with Crippen LogP contribution in [0.4, 0.5) is 4.39 Å². The second-order valence-corrected chi connectivity index (χ2v) is 9.33. The van der Waals surface area contributed by atoms with Crippen LogP contribution in [0, 0.1) is 5.92 Å². The molecule has 0 aliphatic heterocycles. The van der Waals surface area contributed by atoms with Gasteiger partial charge >= 0.3 is 0 Å².